The number of aromatic nitrogens is 2. The van der Waals surface area contributed by atoms with E-state index in [-0.39, 0.29) is 24.0 Å². The van der Waals surface area contributed by atoms with E-state index < -0.39 is 0 Å². The Bertz CT molecular complexity index is 897. The van der Waals surface area contributed by atoms with Crippen molar-refractivity contribution >= 4 is 52.2 Å². The van der Waals surface area contributed by atoms with Crippen molar-refractivity contribution in [2.45, 2.75) is 33.7 Å². The number of aromatic amines is 1. The number of hydrogen-bond donors (Lipinski definition) is 3. The Morgan fingerprint density at radius 3 is 2.73 bits per heavy atom. The van der Waals surface area contributed by atoms with E-state index in [9.17, 15) is 0 Å². The van der Waals surface area contributed by atoms with Crippen molar-refractivity contribution in [3.63, 3.8) is 0 Å². The highest BCUT2D eigenvalue weighted by Crippen LogP contribution is 2.19. The van der Waals surface area contributed by atoms with Gasteiger partial charge in [-0.15, -0.1) is 35.3 Å². The summed E-state index contributed by atoms with van der Waals surface area (Å²) in [5.74, 6) is 0.820. The van der Waals surface area contributed by atoms with Crippen molar-refractivity contribution in [2.24, 2.45) is 4.99 Å². The largest absolute Gasteiger partial charge is 0.361 e. The van der Waals surface area contributed by atoms with Crippen molar-refractivity contribution in [3.05, 3.63) is 51.1 Å². The Hall–Kier alpha value is -1.61. The number of fused-ring (bicyclic) bond motifs is 1. The van der Waals surface area contributed by atoms with Crippen LogP contribution in [0.1, 0.15) is 26.7 Å². The molecule has 0 spiro atoms. The Kier molecular flexibility index (Phi) is 7.45. The van der Waals surface area contributed by atoms with Gasteiger partial charge in [-0.2, -0.15) is 0 Å². The monoisotopic (exact) mass is 483 g/mol. The van der Waals surface area contributed by atoms with Gasteiger partial charge in [0.2, 0.25) is 0 Å². The summed E-state index contributed by atoms with van der Waals surface area (Å²) < 4.78 is 0. The van der Waals surface area contributed by atoms with Crippen molar-refractivity contribution in [2.75, 3.05) is 13.6 Å². The van der Waals surface area contributed by atoms with Gasteiger partial charge in [0, 0.05) is 35.6 Å². The average Bonchev–Trinajstić information content (AvgIpc) is 3.12. The molecule has 140 valence electrons. The fraction of sp³-hybridized carbons (Fsp3) is 0.368. The zero-order valence-corrected chi connectivity index (χ0v) is 18.8. The second-order valence-electron chi connectivity index (χ2n) is 6.21. The molecular weight excluding hydrogens is 457 g/mol. The summed E-state index contributed by atoms with van der Waals surface area (Å²) in [6.07, 6.45) is 3.05. The molecule has 0 fully saturated rings. The number of halogens is 1. The van der Waals surface area contributed by atoms with Crippen LogP contribution >= 0.6 is 35.3 Å². The molecule has 0 saturated carbocycles. The Morgan fingerprint density at radius 2 is 2.04 bits per heavy atom. The van der Waals surface area contributed by atoms with Gasteiger partial charge in [0.15, 0.2) is 5.96 Å². The number of nitrogens with zero attached hydrogens (tertiary/aromatic N) is 2. The maximum Gasteiger partial charge on any atom is 0.191 e. The highest BCUT2D eigenvalue weighted by molar-refractivity contribution is 14.0. The third-order valence-corrected chi connectivity index (χ3v) is 5.32. The SMILES string of the molecule is CN=C(NCCc1c[nH]c2cc(C)ccc12)NCc1sc(C)nc1C.I. The predicted molar refractivity (Wildman–Crippen MR) is 122 cm³/mol. The average molecular weight is 483 g/mol. The molecular formula is C19H26IN5S. The first-order chi connectivity index (χ1) is 12.1. The first-order valence-electron chi connectivity index (χ1n) is 8.51. The quantitative estimate of drug-likeness (QED) is 0.291. The number of aliphatic imine (C=N–C) groups is 1. The maximum atomic E-state index is 4.46. The van der Waals surface area contributed by atoms with Gasteiger partial charge in [0.25, 0.3) is 0 Å². The third-order valence-electron chi connectivity index (χ3n) is 4.25. The van der Waals surface area contributed by atoms with Gasteiger partial charge in [-0.3, -0.25) is 4.99 Å². The molecule has 0 unspecified atom stereocenters. The van der Waals surface area contributed by atoms with E-state index >= 15 is 0 Å². The molecule has 2 aromatic heterocycles. The molecule has 0 radical (unpaired) electrons. The zero-order chi connectivity index (χ0) is 17.8. The number of rotatable bonds is 5. The van der Waals surface area contributed by atoms with Crippen molar-refractivity contribution in [1.29, 1.82) is 0 Å². The number of thiazole rings is 1. The molecule has 0 atom stereocenters. The van der Waals surface area contributed by atoms with E-state index in [0.29, 0.717) is 0 Å². The fourth-order valence-corrected chi connectivity index (χ4v) is 3.82. The molecule has 3 rings (SSSR count). The summed E-state index contributed by atoms with van der Waals surface area (Å²) in [7, 11) is 1.80. The molecule has 5 nitrogen and oxygen atoms in total. The standard InChI is InChI=1S/C19H25N5S.HI/c1-12-5-6-16-15(10-22-17(16)9-12)7-8-21-19(20-4)23-11-18-13(2)24-14(3)25-18;/h5-6,9-10,22H,7-8,11H2,1-4H3,(H2,20,21,23);1H. The molecule has 0 aliphatic carbocycles. The smallest absolute Gasteiger partial charge is 0.191 e. The summed E-state index contributed by atoms with van der Waals surface area (Å²) in [6.45, 7) is 7.79. The van der Waals surface area contributed by atoms with E-state index in [1.807, 2.05) is 6.92 Å². The second kappa shape index (κ2) is 9.36. The van der Waals surface area contributed by atoms with Gasteiger partial charge >= 0.3 is 0 Å². The Morgan fingerprint density at radius 1 is 1.23 bits per heavy atom. The van der Waals surface area contributed by atoms with Crippen molar-refractivity contribution in [1.82, 2.24) is 20.6 Å². The van der Waals surface area contributed by atoms with Crippen LogP contribution in [-0.2, 0) is 13.0 Å². The minimum atomic E-state index is 0. The van der Waals surface area contributed by atoms with Crippen LogP contribution in [0.25, 0.3) is 10.9 Å². The first kappa shape index (κ1) is 20.7. The number of aryl methyl sites for hydroxylation is 3. The van der Waals surface area contributed by atoms with Crippen molar-refractivity contribution < 1.29 is 0 Å². The second-order valence-corrected chi connectivity index (χ2v) is 7.49. The predicted octanol–water partition coefficient (Wildman–Crippen LogP) is 4.08. The van der Waals surface area contributed by atoms with Crippen LogP contribution in [0.3, 0.4) is 0 Å². The summed E-state index contributed by atoms with van der Waals surface area (Å²) in [4.78, 5) is 13.4. The zero-order valence-electron chi connectivity index (χ0n) is 15.6. The Balaban J connectivity index is 0.00000243. The van der Waals surface area contributed by atoms with E-state index in [2.05, 4.69) is 63.8 Å². The lowest BCUT2D eigenvalue weighted by Gasteiger charge is -2.11. The molecule has 0 aliphatic rings. The van der Waals surface area contributed by atoms with Crippen LogP contribution in [0.4, 0.5) is 0 Å². The number of benzene rings is 1. The summed E-state index contributed by atoms with van der Waals surface area (Å²) >= 11 is 1.73. The number of nitrogens with one attached hydrogen (secondary N) is 3. The first-order valence-corrected chi connectivity index (χ1v) is 9.32. The molecule has 0 amide bonds. The van der Waals surface area contributed by atoms with E-state index in [0.717, 1.165) is 36.2 Å². The van der Waals surface area contributed by atoms with Crippen LogP contribution in [0.15, 0.2) is 29.4 Å². The van der Waals surface area contributed by atoms with Gasteiger partial charge in [0.1, 0.15) is 0 Å². The molecule has 2 heterocycles. The van der Waals surface area contributed by atoms with Gasteiger partial charge in [0.05, 0.1) is 17.2 Å². The topological polar surface area (TPSA) is 65.1 Å². The summed E-state index contributed by atoms with van der Waals surface area (Å²) in [5.41, 5.74) is 4.90. The van der Waals surface area contributed by atoms with Crippen LogP contribution < -0.4 is 10.6 Å². The summed E-state index contributed by atoms with van der Waals surface area (Å²) in [6, 6.07) is 6.54. The van der Waals surface area contributed by atoms with E-state index in [1.165, 1.54) is 26.9 Å². The van der Waals surface area contributed by atoms with Gasteiger partial charge in [-0.05, 0) is 44.4 Å². The van der Waals surface area contributed by atoms with Crippen LogP contribution in [0.2, 0.25) is 0 Å². The Labute approximate surface area is 175 Å². The van der Waals surface area contributed by atoms with Crippen molar-refractivity contribution in [3.8, 4) is 0 Å². The number of guanidine groups is 1. The lowest BCUT2D eigenvalue weighted by molar-refractivity contribution is 0.798. The van der Waals surface area contributed by atoms with Crippen LogP contribution in [0, 0.1) is 20.8 Å². The van der Waals surface area contributed by atoms with Gasteiger partial charge < -0.3 is 15.6 Å². The van der Waals surface area contributed by atoms with Crippen LogP contribution in [0.5, 0.6) is 0 Å². The normalized spacial score (nSPS) is 11.5. The molecule has 0 saturated heterocycles. The maximum absolute atomic E-state index is 4.46. The molecule has 3 N–H and O–H groups in total. The highest BCUT2D eigenvalue weighted by Gasteiger charge is 2.07. The fourth-order valence-electron chi connectivity index (χ4n) is 2.94. The molecule has 1 aromatic carbocycles. The van der Waals surface area contributed by atoms with E-state index in [1.54, 1.807) is 18.4 Å². The van der Waals surface area contributed by atoms with Gasteiger partial charge in [-0.1, -0.05) is 12.1 Å². The molecule has 0 aliphatic heterocycles. The molecule has 26 heavy (non-hydrogen) atoms. The molecule has 0 bridgehead atoms. The highest BCUT2D eigenvalue weighted by atomic mass is 127. The number of hydrogen-bond acceptors (Lipinski definition) is 3. The number of H-pyrrole nitrogens is 1. The molecule has 3 aromatic rings. The van der Waals surface area contributed by atoms with Crippen LogP contribution in [-0.4, -0.2) is 29.5 Å². The van der Waals surface area contributed by atoms with Gasteiger partial charge in [-0.25, -0.2) is 4.98 Å². The minimum Gasteiger partial charge on any atom is -0.361 e. The minimum absolute atomic E-state index is 0. The van der Waals surface area contributed by atoms with E-state index in [4.69, 9.17) is 0 Å². The third kappa shape index (κ3) is 4.97. The lowest BCUT2D eigenvalue weighted by Crippen LogP contribution is -2.37. The lowest BCUT2D eigenvalue weighted by atomic mass is 10.1. The summed E-state index contributed by atoms with van der Waals surface area (Å²) in [5, 5.41) is 9.16. The molecule has 7 heteroatoms.